The second kappa shape index (κ2) is 10.1. The number of carbonyl (C=O) groups is 1. The molecule has 0 unspecified atom stereocenters. The molecular weight excluding hydrogens is 446 g/mol. The first kappa shape index (κ1) is 22.7. The zero-order valence-corrected chi connectivity index (χ0v) is 18.4. The molecule has 1 aliphatic rings. The molecule has 0 radical (unpaired) electrons. The zero-order chi connectivity index (χ0) is 18.4. The monoisotopic (exact) mass is 476 g/mol. The van der Waals surface area contributed by atoms with E-state index >= 15 is 0 Å². The molecular formula is C19H30FIN4O. The molecule has 2 N–H and O–H groups in total. The molecule has 2 rings (SSSR count). The molecule has 1 aliphatic heterocycles. The number of nitrogens with one attached hydrogen (secondary N) is 2. The smallest absolute Gasteiger partial charge is 0.251 e. The van der Waals surface area contributed by atoms with E-state index in [2.05, 4.69) is 34.4 Å². The quantitative estimate of drug-likeness (QED) is 0.297. The van der Waals surface area contributed by atoms with Crippen LogP contribution in [0.15, 0.2) is 23.2 Å². The third-order valence-electron chi connectivity index (χ3n) is 4.40. The summed E-state index contributed by atoms with van der Waals surface area (Å²) in [6.07, 6.45) is 1.15. The minimum absolute atomic E-state index is 0. The normalized spacial score (nSPS) is 16.2. The molecule has 1 heterocycles. The Kier molecular flexibility index (Phi) is 8.79. The van der Waals surface area contributed by atoms with Gasteiger partial charge in [0, 0.05) is 31.7 Å². The fourth-order valence-corrected chi connectivity index (χ4v) is 2.89. The van der Waals surface area contributed by atoms with Crippen molar-refractivity contribution in [3.63, 3.8) is 0 Å². The van der Waals surface area contributed by atoms with E-state index in [0.717, 1.165) is 32.0 Å². The summed E-state index contributed by atoms with van der Waals surface area (Å²) in [5.41, 5.74) is 1.17. The lowest BCUT2D eigenvalue weighted by Gasteiger charge is -2.23. The number of nitrogens with zero attached hydrogens (tertiary/aromatic N) is 2. The molecule has 1 saturated heterocycles. The summed E-state index contributed by atoms with van der Waals surface area (Å²) in [6.45, 7) is 11.9. The van der Waals surface area contributed by atoms with Crippen LogP contribution < -0.4 is 10.6 Å². The Morgan fingerprint density at radius 2 is 2.08 bits per heavy atom. The van der Waals surface area contributed by atoms with Crippen LogP contribution in [0.4, 0.5) is 4.39 Å². The molecule has 0 aromatic heterocycles. The first-order valence-electron chi connectivity index (χ1n) is 8.90. The van der Waals surface area contributed by atoms with Gasteiger partial charge in [0.05, 0.1) is 6.54 Å². The number of benzene rings is 1. The maximum Gasteiger partial charge on any atom is 0.251 e. The Morgan fingerprint density at radius 3 is 2.65 bits per heavy atom. The van der Waals surface area contributed by atoms with Gasteiger partial charge in [-0.05, 0) is 43.4 Å². The number of carbonyl (C=O) groups excluding carboxylic acids is 1. The van der Waals surface area contributed by atoms with Crippen molar-refractivity contribution >= 4 is 35.8 Å². The standard InChI is InChI=1S/C19H29FN4O.HI/c1-5-21-18(24-11-8-19(3,4)13-24)23-10-9-22-17(25)15-7-6-14(2)16(20)12-15;/h6-7,12H,5,8-11,13H2,1-4H3,(H,21,23)(H,22,25);1H. The van der Waals surface area contributed by atoms with Crippen molar-refractivity contribution in [1.82, 2.24) is 15.5 Å². The van der Waals surface area contributed by atoms with Gasteiger partial charge in [0.15, 0.2) is 5.96 Å². The minimum atomic E-state index is -0.364. The molecule has 1 amide bonds. The largest absolute Gasteiger partial charge is 0.357 e. The molecule has 0 aliphatic carbocycles. The summed E-state index contributed by atoms with van der Waals surface area (Å²) in [6, 6.07) is 4.51. The summed E-state index contributed by atoms with van der Waals surface area (Å²) in [5, 5.41) is 6.10. The average molecular weight is 476 g/mol. The van der Waals surface area contributed by atoms with Gasteiger partial charge in [0.1, 0.15) is 5.82 Å². The highest BCUT2D eigenvalue weighted by Gasteiger charge is 2.30. The fourth-order valence-electron chi connectivity index (χ4n) is 2.89. The highest BCUT2D eigenvalue weighted by molar-refractivity contribution is 14.0. The van der Waals surface area contributed by atoms with E-state index in [-0.39, 0.29) is 35.7 Å². The summed E-state index contributed by atoms with van der Waals surface area (Å²) in [7, 11) is 0. The Bertz CT molecular complexity index is 648. The lowest BCUT2D eigenvalue weighted by molar-refractivity contribution is 0.0954. The topological polar surface area (TPSA) is 56.7 Å². The van der Waals surface area contributed by atoms with Crippen molar-refractivity contribution in [2.75, 3.05) is 32.7 Å². The van der Waals surface area contributed by atoms with E-state index in [1.165, 1.54) is 6.07 Å². The Labute approximate surface area is 172 Å². The van der Waals surface area contributed by atoms with Gasteiger partial charge >= 0.3 is 0 Å². The number of aryl methyl sites for hydroxylation is 1. The van der Waals surface area contributed by atoms with E-state index in [9.17, 15) is 9.18 Å². The van der Waals surface area contributed by atoms with Crippen molar-refractivity contribution in [1.29, 1.82) is 0 Å². The predicted octanol–water partition coefficient (Wildman–Crippen LogP) is 3.18. The number of guanidine groups is 1. The van der Waals surface area contributed by atoms with Crippen molar-refractivity contribution in [3.05, 3.63) is 35.1 Å². The molecule has 0 spiro atoms. The Morgan fingerprint density at radius 1 is 1.35 bits per heavy atom. The molecule has 0 saturated carbocycles. The molecule has 5 nitrogen and oxygen atoms in total. The average Bonchev–Trinajstić information content (AvgIpc) is 2.92. The Balaban J connectivity index is 0.00000338. The second-order valence-corrected chi connectivity index (χ2v) is 7.29. The molecule has 1 aromatic carbocycles. The molecule has 26 heavy (non-hydrogen) atoms. The third kappa shape index (κ3) is 6.41. The van der Waals surface area contributed by atoms with Crippen molar-refractivity contribution in [2.24, 2.45) is 10.4 Å². The molecule has 1 fully saturated rings. The second-order valence-electron chi connectivity index (χ2n) is 7.29. The van der Waals surface area contributed by atoms with Crippen LogP contribution >= 0.6 is 24.0 Å². The molecule has 1 aromatic rings. The van der Waals surface area contributed by atoms with Gasteiger partial charge in [0.25, 0.3) is 5.91 Å². The highest BCUT2D eigenvalue weighted by Crippen LogP contribution is 2.28. The zero-order valence-electron chi connectivity index (χ0n) is 16.1. The maximum atomic E-state index is 13.5. The summed E-state index contributed by atoms with van der Waals surface area (Å²) < 4.78 is 13.5. The maximum absolute atomic E-state index is 13.5. The third-order valence-corrected chi connectivity index (χ3v) is 4.40. The van der Waals surface area contributed by atoms with Crippen LogP contribution in [0.25, 0.3) is 0 Å². The van der Waals surface area contributed by atoms with Gasteiger partial charge in [-0.1, -0.05) is 19.9 Å². The summed E-state index contributed by atoms with van der Waals surface area (Å²) >= 11 is 0. The fraction of sp³-hybridized carbons (Fsp3) is 0.579. The number of hydrogen-bond acceptors (Lipinski definition) is 2. The SMILES string of the molecule is CCNC(=NCCNC(=O)c1ccc(C)c(F)c1)N1CCC(C)(C)C1.I. The van der Waals surface area contributed by atoms with Crippen LogP contribution in [0.2, 0.25) is 0 Å². The van der Waals surface area contributed by atoms with E-state index in [4.69, 9.17) is 0 Å². The number of likely N-dealkylation sites (tertiary alicyclic amines) is 1. The van der Waals surface area contributed by atoms with E-state index in [1.54, 1.807) is 19.1 Å². The first-order chi connectivity index (χ1) is 11.8. The molecule has 7 heteroatoms. The number of amides is 1. The molecule has 0 bridgehead atoms. The number of hydrogen-bond donors (Lipinski definition) is 2. The van der Waals surface area contributed by atoms with Crippen LogP contribution in [0.5, 0.6) is 0 Å². The van der Waals surface area contributed by atoms with Crippen LogP contribution in [-0.2, 0) is 0 Å². The van der Waals surface area contributed by atoms with Crippen LogP contribution in [-0.4, -0.2) is 49.5 Å². The van der Waals surface area contributed by atoms with E-state index in [0.29, 0.717) is 29.6 Å². The molecule has 146 valence electrons. The molecule has 0 atom stereocenters. The van der Waals surface area contributed by atoms with Gasteiger partial charge in [-0.25, -0.2) is 4.39 Å². The summed E-state index contributed by atoms with van der Waals surface area (Å²) in [4.78, 5) is 18.9. The van der Waals surface area contributed by atoms with Gasteiger partial charge in [-0.15, -0.1) is 24.0 Å². The number of rotatable bonds is 5. The number of aliphatic imine (C=N–C) groups is 1. The van der Waals surface area contributed by atoms with Crippen molar-refractivity contribution < 1.29 is 9.18 Å². The highest BCUT2D eigenvalue weighted by atomic mass is 127. The lowest BCUT2D eigenvalue weighted by Crippen LogP contribution is -2.41. The predicted molar refractivity (Wildman–Crippen MR) is 115 cm³/mol. The Hall–Kier alpha value is -1.38. The van der Waals surface area contributed by atoms with Crippen LogP contribution in [0, 0.1) is 18.2 Å². The van der Waals surface area contributed by atoms with E-state index in [1.807, 2.05) is 6.92 Å². The first-order valence-corrected chi connectivity index (χ1v) is 8.90. The van der Waals surface area contributed by atoms with Crippen molar-refractivity contribution in [3.8, 4) is 0 Å². The van der Waals surface area contributed by atoms with E-state index < -0.39 is 0 Å². The van der Waals surface area contributed by atoms with Crippen molar-refractivity contribution in [2.45, 2.75) is 34.1 Å². The lowest BCUT2D eigenvalue weighted by atomic mass is 9.93. The van der Waals surface area contributed by atoms with Gasteiger partial charge in [-0.3, -0.25) is 9.79 Å². The van der Waals surface area contributed by atoms with Gasteiger partial charge < -0.3 is 15.5 Å². The van der Waals surface area contributed by atoms with Crippen LogP contribution in [0.1, 0.15) is 43.1 Å². The van der Waals surface area contributed by atoms with Gasteiger partial charge in [0.2, 0.25) is 0 Å². The summed E-state index contributed by atoms with van der Waals surface area (Å²) in [5.74, 6) is 0.252. The number of halogens is 2. The minimum Gasteiger partial charge on any atom is -0.357 e. The van der Waals surface area contributed by atoms with Crippen LogP contribution in [0.3, 0.4) is 0 Å². The van der Waals surface area contributed by atoms with Gasteiger partial charge in [-0.2, -0.15) is 0 Å².